The second-order valence-corrected chi connectivity index (χ2v) is 5.56. The van der Waals surface area contributed by atoms with E-state index in [0.717, 1.165) is 10.8 Å². The van der Waals surface area contributed by atoms with Crippen molar-refractivity contribution >= 4 is 23.3 Å². The number of aliphatic hydroxyl groups is 1. The number of nitrogens with zero attached hydrogens (tertiary/aromatic N) is 2. The van der Waals surface area contributed by atoms with Crippen molar-refractivity contribution in [2.45, 2.75) is 12.5 Å². The maximum atomic E-state index is 14.2. The third-order valence-electron chi connectivity index (χ3n) is 3.42. The van der Waals surface area contributed by atoms with Crippen molar-refractivity contribution in [3.63, 3.8) is 0 Å². The number of carbonyl (C=O) groups is 1. The number of nitrogens with one attached hydrogen (secondary N) is 1. The van der Waals surface area contributed by atoms with E-state index in [4.69, 9.17) is 26.2 Å². The van der Waals surface area contributed by atoms with Crippen molar-refractivity contribution in [3.8, 4) is 0 Å². The Morgan fingerprint density at radius 2 is 2.32 bits per heavy atom. The van der Waals surface area contributed by atoms with Crippen LogP contribution in [0.2, 0.25) is 5.02 Å². The average molecular weight is 370 g/mol. The van der Waals surface area contributed by atoms with Crippen molar-refractivity contribution in [1.82, 2.24) is 9.55 Å². The highest BCUT2D eigenvalue weighted by atomic mass is 35.5. The summed E-state index contributed by atoms with van der Waals surface area (Å²) in [7, 11) is 0. The smallest absolute Gasteiger partial charge is 0.351 e. The normalized spacial score (nSPS) is 19.8. The number of halogens is 2. The molecule has 0 saturated carbocycles. The zero-order valence-electron chi connectivity index (χ0n) is 12.7. The topological polar surface area (TPSA) is 103 Å². The molecule has 2 N–H and O–H groups in total. The molecule has 25 heavy (non-hydrogen) atoms. The lowest BCUT2D eigenvalue weighted by Gasteiger charge is -2.13. The molecule has 0 bridgehead atoms. The van der Waals surface area contributed by atoms with Crippen LogP contribution in [-0.4, -0.2) is 40.1 Å². The minimum atomic E-state index is -0.925. The van der Waals surface area contributed by atoms with Gasteiger partial charge in [-0.3, -0.25) is 9.36 Å². The first-order chi connectivity index (χ1) is 12.0. The van der Waals surface area contributed by atoms with E-state index in [1.54, 1.807) is 12.1 Å². The van der Waals surface area contributed by atoms with Gasteiger partial charge in [0.05, 0.1) is 19.4 Å². The molecule has 132 valence electrons. The van der Waals surface area contributed by atoms with Gasteiger partial charge in [-0.05, 0) is 18.2 Å². The van der Waals surface area contributed by atoms with Crippen LogP contribution >= 0.6 is 11.6 Å². The lowest BCUT2D eigenvalue weighted by Crippen LogP contribution is -2.30. The quantitative estimate of drug-likeness (QED) is 0.838. The molecule has 1 aromatic heterocycles. The Morgan fingerprint density at radius 3 is 3.00 bits per heavy atom. The Kier molecular flexibility index (Phi) is 5.09. The van der Waals surface area contributed by atoms with E-state index in [1.165, 1.54) is 12.1 Å². The van der Waals surface area contributed by atoms with Crippen molar-refractivity contribution in [1.29, 1.82) is 0 Å². The molecule has 1 aliphatic rings. The summed E-state index contributed by atoms with van der Waals surface area (Å²) in [6.45, 7) is -0.435. The summed E-state index contributed by atoms with van der Waals surface area (Å²) < 4.78 is 25.4. The summed E-state index contributed by atoms with van der Waals surface area (Å²) >= 11 is 5.80. The first kappa shape index (κ1) is 17.5. The Hall–Kier alpha value is -2.33. The number of hydrogen-bond acceptors (Lipinski definition) is 6. The molecule has 2 aromatic rings. The summed E-state index contributed by atoms with van der Waals surface area (Å²) in [5.41, 5.74) is -0.647. The van der Waals surface area contributed by atoms with Gasteiger partial charge in [0.1, 0.15) is 0 Å². The molecule has 0 radical (unpaired) electrons. The van der Waals surface area contributed by atoms with Gasteiger partial charge in [-0.1, -0.05) is 17.7 Å². The van der Waals surface area contributed by atoms with Gasteiger partial charge in [0.15, 0.2) is 24.2 Å². The van der Waals surface area contributed by atoms with Crippen LogP contribution in [0.5, 0.6) is 0 Å². The summed E-state index contributed by atoms with van der Waals surface area (Å²) in [5, 5.41) is 11.5. The number of hydrogen-bond donors (Lipinski definition) is 2. The van der Waals surface area contributed by atoms with Crippen LogP contribution in [0.1, 0.15) is 16.6 Å². The Labute approximate surface area is 145 Å². The number of aromatic nitrogens is 2. The van der Waals surface area contributed by atoms with E-state index in [9.17, 15) is 14.0 Å². The maximum Gasteiger partial charge on any atom is 0.351 e. The molecular formula is C15H13ClFN3O5. The van der Waals surface area contributed by atoms with E-state index in [-0.39, 0.29) is 12.2 Å². The summed E-state index contributed by atoms with van der Waals surface area (Å²) in [5.74, 6) is -2.10. The first-order valence-corrected chi connectivity index (χ1v) is 7.59. The van der Waals surface area contributed by atoms with Gasteiger partial charge >= 0.3 is 5.69 Å². The van der Waals surface area contributed by atoms with E-state index < -0.39 is 42.4 Å². The zero-order valence-corrected chi connectivity index (χ0v) is 13.4. The third-order valence-corrected chi connectivity index (χ3v) is 3.65. The molecule has 3 rings (SSSR count). The lowest BCUT2D eigenvalue weighted by atomic mass is 10.2. The van der Waals surface area contributed by atoms with E-state index in [0.29, 0.717) is 5.02 Å². The SMILES string of the molecule is O=C(Nc1nc(=O)n(C2COC(CO)O2)cc1F)c1cccc(Cl)c1. The minimum absolute atomic E-state index is 0.0412. The molecule has 2 atom stereocenters. The predicted octanol–water partition coefficient (Wildman–Crippen LogP) is 1.15. The Morgan fingerprint density at radius 1 is 1.52 bits per heavy atom. The Balaban J connectivity index is 1.81. The predicted molar refractivity (Wildman–Crippen MR) is 84.8 cm³/mol. The molecule has 2 heterocycles. The number of amides is 1. The first-order valence-electron chi connectivity index (χ1n) is 7.21. The molecule has 10 heteroatoms. The Bertz CT molecular complexity index is 859. The summed E-state index contributed by atoms with van der Waals surface area (Å²) in [4.78, 5) is 27.7. The lowest BCUT2D eigenvalue weighted by molar-refractivity contribution is -0.0993. The molecule has 0 spiro atoms. The molecule has 0 aliphatic carbocycles. The fourth-order valence-corrected chi connectivity index (χ4v) is 2.42. The molecule has 1 saturated heterocycles. The standard InChI is InChI=1S/C15H13ClFN3O5/c16-9-3-1-2-8(4-9)14(22)18-13-10(17)5-20(15(23)19-13)11-7-24-12(6-21)25-11/h1-5,11-12,21H,6-7H2,(H,18,19,22,23). The van der Waals surface area contributed by atoms with Crippen LogP contribution in [0.3, 0.4) is 0 Å². The van der Waals surface area contributed by atoms with Crippen molar-refractivity contribution in [2.24, 2.45) is 0 Å². The van der Waals surface area contributed by atoms with Gasteiger partial charge in [-0.25, -0.2) is 9.18 Å². The number of benzene rings is 1. The van der Waals surface area contributed by atoms with Crippen LogP contribution < -0.4 is 11.0 Å². The molecule has 1 aliphatic heterocycles. The second kappa shape index (κ2) is 7.28. The van der Waals surface area contributed by atoms with Gasteiger partial charge < -0.3 is 19.9 Å². The number of carbonyl (C=O) groups excluding carboxylic acids is 1. The minimum Gasteiger partial charge on any atom is -0.391 e. The number of ether oxygens (including phenoxy) is 2. The van der Waals surface area contributed by atoms with Gasteiger partial charge in [-0.2, -0.15) is 4.98 Å². The second-order valence-electron chi connectivity index (χ2n) is 5.13. The maximum absolute atomic E-state index is 14.2. The highest BCUT2D eigenvalue weighted by molar-refractivity contribution is 6.31. The van der Waals surface area contributed by atoms with Crippen molar-refractivity contribution in [2.75, 3.05) is 18.5 Å². The summed E-state index contributed by atoms with van der Waals surface area (Å²) in [6.07, 6.45) is -0.942. The summed E-state index contributed by atoms with van der Waals surface area (Å²) in [6, 6.07) is 6.03. The zero-order chi connectivity index (χ0) is 18.0. The fraction of sp³-hybridized carbons (Fsp3) is 0.267. The molecule has 2 unspecified atom stereocenters. The van der Waals surface area contributed by atoms with Gasteiger partial charge in [0.25, 0.3) is 5.91 Å². The molecular weight excluding hydrogens is 357 g/mol. The third kappa shape index (κ3) is 3.85. The number of aliphatic hydroxyl groups excluding tert-OH is 1. The van der Waals surface area contributed by atoms with Gasteiger partial charge in [0, 0.05) is 10.6 Å². The largest absolute Gasteiger partial charge is 0.391 e. The molecule has 1 fully saturated rings. The van der Waals surface area contributed by atoms with Crippen LogP contribution in [0.4, 0.5) is 10.2 Å². The molecule has 1 aromatic carbocycles. The number of anilines is 1. The van der Waals surface area contributed by atoms with Crippen LogP contribution in [0.25, 0.3) is 0 Å². The van der Waals surface area contributed by atoms with Crippen LogP contribution in [0.15, 0.2) is 35.3 Å². The van der Waals surface area contributed by atoms with E-state index >= 15 is 0 Å². The van der Waals surface area contributed by atoms with Crippen LogP contribution in [-0.2, 0) is 9.47 Å². The van der Waals surface area contributed by atoms with Gasteiger partial charge in [0.2, 0.25) is 0 Å². The van der Waals surface area contributed by atoms with Gasteiger partial charge in [-0.15, -0.1) is 0 Å². The monoisotopic (exact) mass is 369 g/mol. The molecule has 1 amide bonds. The highest BCUT2D eigenvalue weighted by Gasteiger charge is 2.28. The highest BCUT2D eigenvalue weighted by Crippen LogP contribution is 2.20. The van der Waals surface area contributed by atoms with Crippen molar-refractivity contribution < 1.29 is 23.8 Å². The van der Waals surface area contributed by atoms with Crippen molar-refractivity contribution in [3.05, 3.63) is 57.3 Å². The fourth-order valence-electron chi connectivity index (χ4n) is 2.23. The average Bonchev–Trinajstić information content (AvgIpc) is 3.06. The molecule has 8 nitrogen and oxygen atoms in total. The van der Waals surface area contributed by atoms with E-state index in [1.807, 2.05) is 0 Å². The number of rotatable bonds is 4. The van der Waals surface area contributed by atoms with E-state index in [2.05, 4.69) is 10.3 Å². The van der Waals surface area contributed by atoms with Crippen LogP contribution in [0, 0.1) is 5.82 Å².